The monoisotopic (exact) mass is 1390 g/mol. The van der Waals surface area contributed by atoms with E-state index in [4.69, 9.17) is 4.74 Å². The first-order chi connectivity index (χ1) is 41.3. The molecule has 5 N–H and O–H groups in total. The Bertz CT molecular complexity index is 3790. The highest BCUT2D eigenvalue weighted by Gasteiger charge is 2.43. The Labute approximate surface area is 538 Å². The van der Waals surface area contributed by atoms with Gasteiger partial charge in [-0.3, -0.25) is 9.59 Å². The molecule has 2 aliphatic rings. The molecule has 480 valence electrons. The zero-order chi connectivity index (χ0) is 65.7. The zero-order valence-corrected chi connectivity index (χ0v) is 57.2. The lowest BCUT2D eigenvalue weighted by Crippen LogP contribution is -2.45. The molecule has 2 unspecified atom stereocenters. The highest BCUT2D eigenvalue weighted by atomic mass is 79.9. The largest absolute Gasteiger partial charge is 0.444 e. The summed E-state index contributed by atoms with van der Waals surface area (Å²) >= 11 is 6.86. The Hall–Kier alpha value is -6.61. The molecule has 2 fully saturated rings. The van der Waals surface area contributed by atoms with Gasteiger partial charge in [-0.15, -0.1) is 0 Å². The van der Waals surface area contributed by atoms with E-state index in [1.807, 2.05) is 122 Å². The van der Waals surface area contributed by atoms with E-state index in [1.165, 1.54) is 48.5 Å². The summed E-state index contributed by atoms with van der Waals surface area (Å²) in [6, 6.07) is 24.8. The molecule has 2 aliphatic heterocycles. The third kappa shape index (κ3) is 19.5. The first kappa shape index (κ1) is 69.9. The number of hydrogen-bond donors (Lipinski definition) is 5. The summed E-state index contributed by atoms with van der Waals surface area (Å²) in [5.74, 6) is -3.16. The molecule has 0 spiro atoms. The van der Waals surface area contributed by atoms with Crippen LogP contribution in [0.1, 0.15) is 184 Å². The van der Waals surface area contributed by atoms with Gasteiger partial charge in [0, 0.05) is 39.8 Å². The number of nitrogens with one attached hydrogen (secondary N) is 5. The molecule has 0 bridgehead atoms. The van der Waals surface area contributed by atoms with Crippen molar-refractivity contribution in [2.24, 2.45) is 11.8 Å². The lowest BCUT2D eigenvalue weighted by molar-refractivity contribution is 0.0130. The molecule has 0 aromatic carbocycles. The minimum absolute atomic E-state index is 0.101. The van der Waals surface area contributed by atoms with Gasteiger partial charge >= 0.3 is 6.09 Å². The van der Waals surface area contributed by atoms with Gasteiger partial charge in [0.25, 0.3) is 31.9 Å². The normalized spacial score (nSPS) is 17.4. The third-order valence-electron chi connectivity index (χ3n) is 15.0. The number of sulfonamides is 2. The Kier molecular flexibility index (Phi) is 21.9. The van der Waals surface area contributed by atoms with Crippen molar-refractivity contribution in [3.8, 4) is 0 Å². The van der Waals surface area contributed by atoms with Crippen LogP contribution in [-0.4, -0.2) is 99.3 Å². The molecule has 6 aromatic rings. The van der Waals surface area contributed by atoms with E-state index in [2.05, 4.69) is 91.6 Å². The molecule has 8 heterocycles. The van der Waals surface area contributed by atoms with Crippen molar-refractivity contribution < 1.29 is 44.7 Å². The van der Waals surface area contributed by atoms with Crippen molar-refractivity contribution in [2.45, 2.75) is 178 Å². The Morgan fingerprint density at radius 1 is 0.607 bits per heavy atom. The SMILES string of the molecule is CC(C)(C)OC(=O)N1C[C@@H](CCC(Nc2cccc(S(=O)(=O)NC(=O)c3ccc(C(C)(C)C)nc3F)n2)c2cccc(Br)n2)CC1(C)C.CC1(C)C[C@H](CCC(Nc2cccc(S(=O)(=O)NC(=O)c3ccc(C(C)(C)C)nc3F)n2)c2cccc(Br)n2)CN1. The Morgan fingerprint density at radius 2 is 1.03 bits per heavy atom. The number of likely N-dealkylation sites (tertiary alicyclic amines) is 1. The fraction of sp³-hybridized carbons (Fsp3) is 0.476. The quantitative estimate of drug-likeness (QED) is 0.0501. The average molecular weight is 1400 g/mol. The van der Waals surface area contributed by atoms with E-state index in [0.717, 1.165) is 44.3 Å². The summed E-state index contributed by atoms with van der Waals surface area (Å²) in [6.07, 6.45) is 4.52. The predicted octanol–water partition coefficient (Wildman–Crippen LogP) is 12.7. The van der Waals surface area contributed by atoms with Crippen molar-refractivity contribution >= 4 is 81.4 Å². The molecule has 4 atom stereocenters. The fourth-order valence-electron chi connectivity index (χ4n) is 10.5. The number of halogens is 4. The second-order valence-corrected chi connectivity index (χ2v) is 31.7. The second kappa shape index (κ2) is 27.9. The van der Waals surface area contributed by atoms with Gasteiger partial charge in [-0.05, 0) is 210 Å². The molecule has 26 heteroatoms. The van der Waals surface area contributed by atoms with Gasteiger partial charge in [-0.25, -0.2) is 44.1 Å². The molecule has 3 amide bonds. The summed E-state index contributed by atoms with van der Waals surface area (Å²) < 4.78 is 92.7. The van der Waals surface area contributed by atoms with Gasteiger partial charge in [0.05, 0.1) is 34.6 Å². The molecular formula is C63H80Br2F2N12O8S2. The summed E-state index contributed by atoms with van der Waals surface area (Å²) in [7, 11) is -8.88. The van der Waals surface area contributed by atoms with Gasteiger partial charge < -0.3 is 25.6 Å². The van der Waals surface area contributed by atoms with Crippen LogP contribution >= 0.6 is 31.9 Å². The van der Waals surface area contributed by atoms with Crippen LogP contribution in [0.5, 0.6) is 0 Å². The Morgan fingerprint density at radius 3 is 1.42 bits per heavy atom. The van der Waals surface area contributed by atoms with Crippen molar-refractivity contribution in [1.82, 2.24) is 49.6 Å². The molecule has 89 heavy (non-hydrogen) atoms. The third-order valence-corrected chi connectivity index (χ3v) is 18.3. The van der Waals surface area contributed by atoms with Gasteiger partial charge in [0.1, 0.15) is 26.4 Å². The van der Waals surface area contributed by atoms with E-state index < -0.39 is 76.3 Å². The highest BCUT2D eigenvalue weighted by Crippen LogP contribution is 2.38. The smallest absolute Gasteiger partial charge is 0.410 e. The number of anilines is 2. The molecule has 0 radical (unpaired) electrons. The maximum Gasteiger partial charge on any atom is 0.410 e. The number of nitrogens with zero attached hydrogens (tertiary/aromatic N) is 7. The lowest BCUT2D eigenvalue weighted by Gasteiger charge is -2.33. The summed E-state index contributed by atoms with van der Waals surface area (Å²) in [5.41, 5.74) is -0.396. The molecule has 8 rings (SSSR count). The number of aromatic nitrogens is 6. The zero-order valence-electron chi connectivity index (χ0n) is 52.4. The summed E-state index contributed by atoms with van der Waals surface area (Å²) in [6.45, 7) is 26.6. The van der Waals surface area contributed by atoms with E-state index in [1.54, 1.807) is 17.0 Å². The fourth-order valence-corrected chi connectivity index (χ4v) is 13.1. The number of ether oxygens (including phenoxy) is 1. The van der Waals surface area contributed by atoms with Crippen LogP contribution in [0.2, 0.25) is 0 Å². The number of rotatable bonds is 18. The van der Waals surface area contributed by atoms with Crippen molar-refractivity contribution in [2.75, 3.05) is 23.7 Å². The maximum atomic E-state index is 14.7. The van der Waals surface area contributed by atoms with Crippen molar-refractivity contribution in [1.29, 1.82) is 0 Å². The minimum Gasteiger partial charge on any atom is -0.444 e. The van der Waals surface area contributed by atoms with E-state index in [-0.39, 0.29) is 46.0 Å². The van der Waals surface area contributed by atoms with E-state index in [9.17, 15) is 40.0 Å². The Balaban J connectivity index is 0.000000257. The first-order valence-corrected chi connectivity index (χ1v) is 33.8. The van der Waals surface area contributed by atoms with Gasteiger partial charge in [-0.2, -0.15) is 25.6 Å². The van der Waals surface area contributed by atoms with Gasteiger partial charge in [-0.1, -0.05) is 65.8 Å². The number of carbonyl (C=O) groups is 3. The second-order valence-electron chi connectivity index (χ2n) is 26.8. The molecular weight excluding hydrogens is 1310 g/mol. The van der Waals surface area contributed by atoms with Crippen LogP contribution < -0.4 is 25.4 Å². The van der Waals surface area contributed by atoms with Crippen LogP contribution in [0, 0.1) is 23.7 Å². The standard InChI is InChI=1S/C34H44BrFN6O5S.C29H36BrFN6O3S/c1-32(2,3)25-18-16-22(29(36)39-25)30(43)41-48(45,46)28-14-10-13-27(40-28)38-24(23-11-9-12-26(35)37-23)17-15-21-19-34(7,8)42(20-21)31(44)47-33(4,5)6;1-28(2,3)22-15-13-19(26(31)35-22)27(38)37-41(39,40)25-11-7-10-24(36-25)34-21(20-8-6-9-23(30)33-20)14-12-18-16-29(4,5)32-17-18/h9-14,16,18,21,24H,15,17,19-20H2,1-8H3,(H,38,40)(H,41,43);6-11,13,15,18,21,32H,12,14,16-17H2,1-5H3,(H,34,36)(H,37,38)/t21-,24?;18-,21?/m00/s1. The van der Waals surface area contributed by atoms with Crippen LogP contribution in [0.15, 0.2) is 116 Å². The maximum absolute atomic E-state index is 14.7. The topological polar surface area (TPSA) is 269 Å². The van der Waals surface area contributed by atoms with Gasteiger partial charge in [0.15, 0.2) is 10.1 Å². The minimum atomic E-state index is -4.48. The average Bonchev–Trinajstić information content (AvgIpc) is 2.12. The number of pyridine rings is 6. The van der Waals surface area contributed by atoms with Crippen LogP contribution in [0.3, 0.4) is 0 Å². The summed E-state index contributed by atoms with van der Waals surface area (Å²) in [5, 5.41) is 9.39. The number of hydrogen-bond acceptors (Lipinski definition) is 17. The van der Waals surface area contributed by atoms with Crippen LogP contribution in [-0.2, 0) is 35.6 Å². The first-order valence-electron chi connectivity index (χ1n) is 29.2. The van der Waals surface area contributed by atoms with Crippen molar-refractivity contribution in [3.05, 3.63) is 152 Å². The molecule has 0 aliphatic carbocycles. The van der Waals surface area contributed by atoms with Gasteiger partial charge in [0.2, 0.25) is 11.9 Å². The number of carbonyl (C=O) groups excluding carboxylic acids is 3. The van der Waals surface area contributed by atoms with Crippen LogP contribution in [0.4, 0.5) is 25.2 Å². The summed E-state index contributed by atoms with van der Waals surface area (Å²) in [4.78, 5) is 65.8. The lowest BCUT2D eigenvalue weighted by atomic mass is 9.91. The number of amides is 3. The van der Waals surface area contributed by atoms with Crippen LogP contribution in [0.25, 0.3) is 0 Å². The molecule has 6 aromatic heterocycles. The molecule has 2 saturated heterocycles. The van der Waals surface area contributed by atoms with E-state index >= 15 is 0 Å². The molecule has 20 nitrogen and oxygen atoms in total. The molecule has 0 saturated carbocycles. The van der Waals surface area contributed by atoms with E-state index in [0.29, 0.717) is 51.0 Å². The van der Waals surface area contributed by atoms with Crippen molar-refractivity contribution in [3.63, 3.8) is 0 Å². The highest BCUT2D eigenvalue weighted by molar-refractivity contribution is 9.10. The predicted molar refractivity (Wildman–Crippen MR) is 344 cm³/mol.